The van der Waals surface area contributed by atoms with Gasteiger partial charge in [-0.15, -0.1) is 5.10 Å². The Balaban J connectivity index is 1.52. The molecule has 0 bridgehead atoms. The first kappa shape index (κ1) is 19.8. The molecule has 3 aromatic heterocycles. The highest BCUT2D eigenvalue weighted by atomic mass is 32.1. The smallest absolute Gasteiger partial charge is 0.328 e. The van der Waals surface area contributed by atoms with Crippen LogP contribution in [0.3, 0.4) is 0 Å². The minimum Gasteiger partial charge on any atom is -0.497 e. The van der Waals surface area contributed by atoms with Crippen molar-refractivity contribution in [3.63, 3.8) is 0 Å². The Morgan fingerprint density at radius 2 is 1.94 bits per heavy atom. The summed E-state index contributed by atoms with van der Waals surface area (Å²) >= 11 is 1.13. The lowest BCUT2D eigenvalue weighted by Gasteiger charge is -2.14. The highest BCUT2D eigenvalue weighted by Gasteiger charge is 2.32. The summed E-state index contributed by atoms with van der Waals surface area (Å²) in [7, 11) is 1.58. The van der Waals surface area contributed by atoms with E-state index >= 15 is 0 Å². The molecular weight excluding hydrogens is 432 g/mol. The van der Waals surface area contributed by atoms with E-state index in [1.54, 1.807) is 43.8 Å². The maximum absolute atomic E-state index is 12.9. The van der Waals surface area contributed by atoms with Gasteiger partial charge in [-0.25, -0.2) is 4.79 Å². The molecular formula is C21H16N6O4S. The van der Waals surface area contributed by atoms with Crippen molar-refractivity contribution in [2.45, 2.75) is 12.5 Å². The number of hydrogen-bond acceptors (Lipinski definition) is 9. The molecule has 4 aromatic rings. The van der Waals surface area contributed by atoms with Gasteiger partial charge in [-0.3, -0.25) is 14.8 Å². The first-order valence-electron chi connectivity index (χ1n) is 9.58. The summed E-state index contributed by atoms with van der Waals surface area (Å²) in [6.45, 7) is 0. The minimum atomic E-state index is -1.03. The van der Waals surface area contributed by atoms with Gasteiger partial charge in [0, 0.05) is 30.6 Å². The molecule has 160 valence electrons. The van der Waals surface area contributed by atoms with Gasteiger partial charge in [-0.1, -0.05) is 11.3 Å². The van der Waals surface area contributed by atoms with Crippen LogP contribution in [0.25, 0.3) is 22.5 Å². The van der Waals surface area contributed by atoms with E-state index in [0.29, 0.717) is 26.8 Å². The molecule has 4 heterocycles. The number of aromatic nitrogens is 4. The largest absolute Gasteiger partial charge is 0.497 e. The Labute approximate surface area is 184 Å². The number of ether oxygens (including phenoxy) is 1. The highest BCUT2D eigenvalue weighted by Crippen LogP contribution is 2.23. The fourth-order valence-corrected chi connectivity index (χ4v) is 4.25. The Morgan fingerprint density at radius 1 is 1.19 bits per heavy atom. The predicted molar refractivity (Wildman–Crippen MR) is 117 cm³/mol. The van der Waals surface area contributed by atoms with Gasteiger partial charge in [0.1, 0.15) is 10.3 Å². The number of carbonyl (C=O) groups is 1. The van der Waals surface area contributed by atoms with Crippen molar-refractivity contribution >= 4 is 34.2 Å². The number of benzene rings is 1. The average molecular weight is 448 g/mol. The summed E-state index contributed by atoms with van der Waals surface area (Å²) in [5.41, 5.74) is 1.78. The molecule has 0 saturated heterocycles. The molecule has 0 aliphatic carbocycles. The normalized spacial score (nSPS) is 16.5. The van der Waals surface area contributed by atoms with Gasteiger partial charge in [0.15, 0.2) is 11.9 Å². The number of carboxylic acid groups (broad SMARTS) is 1. The number of thiazole rings is 1. The van der Waals surface area contributed by atoms with Crippen molar-refractivity contribution in [1.82, 2.24) is 24.6 Å². The van der Waals surface area contributed by atoms with E-state index < -0.39 is 12.0 Å². The number of hydrogen-bond donors (Lipinski definition) is 1. The molecule has 0 unspecified atom stereocenters. The van der Waals surface area contributed by atoms with Crippen LogP contribution in [0.2, 0.25) is 0 Å². The lowest BCUT2D eigenvalue weighted by Crippen LogP contribution is -2.34. The fraction of sp³-hybridized carbons (Fsp3) is 0.143. The summed E-state index contributed by atoms with van der Waals surface area (Å²) in [6.07, 6.45) is 4.91. The van der Waals surface area contributed by atoms with Crippen LogP contribution in [0.5, 0.6) is 5.75 Å². The molecule has 1 aromatic carbocycles. The van der Waals surface area contributed by atoms with Gasteiger partial charge in [0.2, 0.25) is 4.96 Å². The average Bonchev–Trinajstić information content (AvgIpc) is 3.50. The van der Waals surface area contributed by atoms with E-state index in [1.807, 2.05) is 12.1 Å². The van der Waals surface area contributed by atoms with Crippen LogP contribution in [-0.4, -0.2) is 54.5 Å². The number of nitrogens with zero attached hydrogens (tertiary/aromatic N) is 6. The van der Waals surface area contributed by atoms with Crippen LogP contribution in [0.15, 0.2) is 58.7 Å². The van der Waals surface area contributed by atoms with E-state index in [2.05, 4.69) is 20.2 Å². The van der Waals surface area contributed by atoms with Crippen molar-refractivity contribution in [3.8, 4) is 17.1 Å². The van der Waals surface area contributed by atoms with Crippen LogP contribution >= 0.6 is 11.3 Å². The second kappa shape index (κ2) is 7.85. The topological polar surface area (TPSA) is 122 Å². The van der Waals surface area contributed by atoms with Gasteiger partial charge in [-0.2, -0.15) is 14.6 Å². The zero-order chi connectivity index (χ0) is 22.2. The van der Waals surface area contributed by atoms with Gasteiger partial charge in [0.25, 0.3) is 5.56 Å². The summed E-state index contributed by atoms with van der Waals surface area (Å²) in [6, 6.07) is 9.82. The molecule has 0 fully saturated rings. The van der Waals surface area contributed by atoms with Gasteiger partial charge in [-0.05, 0) is 42.0 Å². The predicted octanol–water partition coefficient (Wildman–Crippen LogP) is 1.24. The standard InChI is InChI=1S/C21H16N6O4S/c1-31-14-4-2-12(3-5-14)15-10-16(20(29)30)26(24-15)11-17-19(28)27-21(32-17)23-18(25-27)13-6-8-22-9-7-13/h2-9,11,16H,10H2,1H3,(H,29,30)/b17-11-/t16-/m1/s1. The molecule has 0 spiro atoms. The Bertz CT molecular complexity index is 1450. The van der Waals surface area contributed by atoms with Crippen LogP contribution in [0, 0.1) is 0 Å². The van der Waals surface area contributed by atoms with Gasteiger partial charge < -0.3 is 9.84 Å². The van der Waals surface area contributed by atoms with E-state index in [-0.39, 0.29) is 12.0 Å². The summed E-state index contributed by atoms with van der Waals surface area (Å²) in [5, 5.41) is 19.7. The molecule has 0 saturated carbocycles. The number of carboxylic acids is 1. The lowest BCUT2D eigenvalue weighted by atomic mass is 10.0. The maximum Gasteiger partial charge on any atom is 0.328 e. The quantitative estimate of drug-likeness (QED) is 0.484. The molecule has 1 atom stereocenters. The number of hydrazone groups is 1. The summed E-state index contributed by atoms with van der Waals surface area (Å²) in [5.74, 6) is 0.0919. The van der Waals surface area contributed by atoms with Crippen molar-refractivity contribution < 1.29 is 14.6 Å². The molecule has 0 amide bonds. The first-order valence-corrected chi connectivity index (χ1v) is 10.4. The number of methoxy groups -OCH3 is 1. The Morgan fingerprint density at radius 3 is 2.59 bits per heavy atom. The van der Waals surface area contributed by atoms with E-state index in [1.165, 1.54) is 15.7 Å². The third-order valence-electron chi connectivity index (χ3n) is 5.02. The monoisotopic (exact) mass is 448 g/mol. The second-order valence-electron chi connectivity index (χ2n) is 6.98. The molecule has 0 radical (unpaired) electrons. The van der Waals surface area contributed by atoms with E-state index in [0.717, 1.165) is 22.5 Å². The second-order valence-corrected chi connectivity index (χ2v) is 7.99. The fourth-order valence-electron chi connectivity index (χ4n) is 3.37. The Hall–Kier alpha value is -4.12. The van der Waals surface area contributed by atoms with Crippen LogP contribution in [0.4, 0.5) is 0 Å². The highest BCUT2D eigenvalue weighted by molar-refractivity contribution is 7.15. The molecule has 10 nitrogen and oxygen atoms in total. The zero-order valence-electron chi connectivity index (χ0n) is 16.7. The molecule has 1 aliphatic heterocycles. The van der Waals surface area contributed by atoms with Crippen LogP contribution in [0.1, 0.15) is 12.0 Å². The summed E-state index contributed by atoms with van der Waals surface area (Å²) in [4.78, 5) is 33.5. The molecule has 1 N–H and O–H groups in total. The Kier molecular flexibility index (Phi) is 4.86. The minimum absolute atomic E-state index is 0.208. The first-order chi connectivity index (χ1) is 15.5. The van der Waals surface area contributed by atoms with Crippen molar-refractivity contribution in [2.75, 3.05) is 7.11 Å². The van der Waals surface area contributed by atoms with Crippen molar-refractivity contribution in [1.29, 1.82) is 0 Å². The van der Waals surface area contributed by atoms with Gasteiger partial charge in [0.05, 0.1) is 12.8 Å². The zero-order valence-corrected chi connectivity index (χ0v) is 17.6. The number of fused-ring (bicyclic) bond motifs is 1. The van der Waals surface area contributed by atoms with Crippen molar-refractivity contribution in [2.24, 2.45) is 5.10 Å². The van der Waals surface area contributed by atoms with Crippen molar-refractivity contribution in [3.05, 3.63) is 69.2 Å². The molecule has 32 heavy (non-hydrogen) atoms. The SMILES string of the molecule is COc1ccc(C2=NN(/C=c3\sc4nc(-c5ccncc5)nn4c3=O)[C@@H](C(=O)O)C2)cc1. The molecule has 5 rings (SSSR count). The third-order valence-corrected chi connectivity index (χ3v) is 5.97. The van der Waals surface area contributed by atoms with Crippen LogP contribution in [-0.2, 0) is 4.79 Å². The van der Waals surface area contributed by atoms with Crippen LogP contribution < -0.4 is 14.8 Å². The third kappa shape index (κ3) is 3.48. The number of pyridine rings is 1. The van der Waals surface area contributed by atoms with E-state index in [4.69, 9.17) is 4.74 Å². The molecule has 11 heteroatoms. The van der Waals surface area contributed by atoms with Gasteiger partial charge >= 0.3 is 5.97 Å². The number of rotatable bonds is 5. The molecule has 1 aliphatic rings. The maximum atomic E-state index is 12.9. The van der Waals surface area contributed by atoms with E-state index in [9.17, 15) is 14.7 Å². The number of aliphatic carboxylic acids is 1. The lowest BCUT2D eigenvalue weighted by molar-refractivity contribution is -0.141. The summed E-state index contributed by atoms with van der Waals surface area (Å²) < 4.78 is 6.67.